The molecule has 2 N–H and O–H groups in total. The fraction of sp³-hybridized carbons (Fsp3) is 0.300. The Bertz CT molecular complexity index is 1040. The van der Waals surface area contributed by atoms with Crippen molar-refractivity contribution in [3.05, 3.63) is 42.5 Å². The van der Waals surface area contributed by atoms with Crippen LogP contribution >= 0.6 is 0 Å². The van der Waals surface area contributed by atoms with Gasteiger partial charge in [-0.2, -0.15) is 0 Å². The van der Waals surface area contributed by atoms with E-state index in [4.69, 9.17) is 9.47 Å². The molecule has 0 saturated heterocycles. The van der Waals surface area contributed by atoms with Crippen LogP contribution in [0, 0.1) is 0 Å². The van der Waals surface area contributed by atoms with Gasteiger partial charge >= 0.3 is 0 Å². The van der Waals surface area contributed by atoms with Gasteiger partial charge in [-0.15, -0.1) is 0 Å². The Balaban J connectivity index is 1.72. The van der Waals surface area contributed by atoms with Crippen LogP contribution in [0.5, 0.6) is 11.5 Å². The largest absolute Gasteiger partial charge is 0.492 e. The number of fused-ring (bicyclic) bond motifs is 1. The summed E-state index contributed by atoms with van der Waals surface area (Å²) in [7, 11) is -3.78. The van der Waals surface area contributed by atoms with Gasteiger partial charge in [0.1, 0.15) is 11.5 Å². The van der Waals surface area contributed by atoms with Gasteiger partial charge in [0.2, 0.25) is 5.91 Å². The summed E-state index contributed by atoms with van der Waals surface area (Å²) in [6.45, 7) is 3.58. The molecule has 0 aromatic heterocycles. The van der Waals surface area contributed by atoms with Gasteiger partial charge < -0.3 is 20.1 Å². The molecule has 9 heteroatoms. The number of sulfone groups is 1. The van der Waals surface area contributed by atoms with E-state index in [9.17, 15) is 18.0 Å². The Labute approximate surface area is 169 Å². The van der Waals surface area contributed by atoms with Crippen molar-refractivity contribution in [2.45, 2.75) is 30.4 Å². The number of carbonyl (C=O) groups excluding carboxylic acids is 2. The number of rotatable bonds is 7. The van der Waals surface area contributed by atoms with E-state index in [0.717, 1.165) is 0 Å². The van der Waals surface area contributed by atoms with Gasteiger partial charge in [-0.05, 0) is 38.1 Å². The molecule has 1 aliphatic heterocycles. The maximum absolute atomic E-state index is 12.9. The Hall–Kier alpha value is -3.07. The first-order valence-electron chi connectivity index (χ1n) is 9.13. The van der Waals surface area contributed by atoms with Gasteiger partial charge in [0.15, 0.2) is 16.4 Å². The van der Waals surface area contributed by atoms with E-state index in [1.165, 1.54) is 25.1 Å². The van der Waals surface area contributed by atoms with Crippen LogP contribution in [0.3, 0.4) is 0 Å². The van der Waals surface area contributed by atoms with Crippen LogP contribution in [-0.2, 0) is 19.4 Å². The van der Waals surface area contributed by atoms with Crippen LogP contribution in [0.15, 0.2) is 47.4 Å². The van der Waals surface area contributed by atoms with Crippen molar-refractivity contribution in [2.75, 3.05) is 23.8 Å². The molecule has 154 valence electrons. The van der Waals surface area contributed by atoms with Gasteiger partial charge in [0, 0.05) is 12.5 Å². The van der Waals surface area contributed by atoms with Gasteiger partial charge in [-0.3, -0.25) is 9.59 Å². The monoisotopic (exact) mass is 418 g/mol. The molecule has 0 bridgehead atoms. The summed E-state index contributed by atoms with van der Waals surface area (Å²) < 4.78 is 36.5. The minimum absolute atomic E-state index is 0.0300. The quantitative estimate of drug-likeness (QED) is 0.715. The second-order valence-electron chi connectivity index (χ2n) is 6.53. The Morgan fingerprint density at radius 2 is 2.03 bits per heavy atom. The molecule has 29 heavy (non-hydrogen) atoms. The average Bonchev–Trinajstić information content (AvgIpc) is 2.69. The van der Waals surface area contributed by atoms with Crippen molar-refractivity contribution in [3.63, 3.8) is 0 Å². The van der Waals surface area contributed by atoms with Gasteiger partial charge in [-0.25, -0.2) is 8.42 Å². The maximum Gasteiger partial charge on any atom is 0.262 e. The van der Waals surface area contributed by atoms with E-state index in [0.29, 0.717) is 23.7 Å². The summed E-state index contributed by atoms with van der Waals surface area (Å²) in [6.07, 6.45) is -0.225. The van der Waals surface area contributed by atoms with Gasteiger partial charge in [0.25, 0.3) is 5.91 Å². The molecule has 3 rings (SSSR count). The summed E-state index contributed by atoms with van der Waals surface area (Å²) in [5.74, 6) is 0.0703. The lowest BCUT2D eigenvalue weighted by atomic mass is 10.2. The molecule has 2 amide bonds. The normalized spacial score (nSPS) is 14.2. The Morgan fingerprint density at radius 3 is 2.79 bits per heavy atom. The first-order chi connectivity index (χ1) is 13.8. The Morgan fingerprint density at radius 1 is 1.28 bits per heavy atom. The summed E-state index contributed by atoms with van der Waals surface area (Å²) in [5, 5.41) is 4.35. The maximum atomic E-state index is 12.9. The molecule has 8 nitrogen and oxygen atoms in total. The topological polar surface area (TPSA) is 111 Å². The minimum atomic E-state index is -3.78. The molecule has 0 radical (unpaired) electrons. The van der Waals surface area contributed by atoms with E-state index in [1.54, 1.807) is 24.3 Å². The van der Waals surface area contributed by atoms with Crippen LogP contribution in [0.25, 0.3) is 0 Å². The molecule has 2 aromatic carbocycles. The summed E-state index contributed by atoms with van der Waals surface area (Å²) in [4.78, 5) is 23.8. The summed E-state index contributed by atoms with van der Waals surface area (Å²) in [6, 6.07) is 11.2. The van der Waals surface area contributed by atoms with Gasteiger partial charge in [0.05, 0.1) is 28.1 Å². The van der Waals surface area contributed by atoms with E-state index < -0.39 is 21.0 Å². The molecule has 0 spiro atoms. The smallest absolute Gasteiger partial charge is 0.262 e. The number of ether oxygens (including phenoxy) is 2. The summed E-state index contributed by atoms with van der Waals surface area (Å²) in [5.41, 5.74) is 0.903. The second-order valence-corrected chi connectivity index (χ2v) is 8.90. The van der Waals surface area contributed by atoms with Crippen LogP contribution in [0.1, 0.15) is 20.3 Å². The number of amides is 2. The summed E-state index contributed by atoms with van der Waals surface area (Å²) >= 11 is 0. The molecule has 1 heterocycles. The van der Waals surface area contributed by atoms with Crippen molar-refractivity contribution in [2.24, 2.45) is 0 Å². The highest BCUT2D eigenvalue weighted by Crippen LogP contribution is 2.32. The van der Waals surface area contributed by atoms with Crippen molar-refractivity contribution in [1.82, 2.24) is 0 Å². The molecule has 1 unspecified atom stereocenters. The highest BCUT2D eigenvalue weighted by molar-refractivity contribution is 7.92. The molecular weight excluding hydrogens is 396 g/mol. The van der Waals surface area contributed by atoms with Crippen molar-refractivity contribution in [3.8, 4) is 11.5 Å². The highest BCUT2D eigenvalue weighted by Gasteiger charge is 2.28. The average molecular weight is 418 g/mol. The van der Waals surface area contributed by atoms with Crippen molar-refractivity contribution >= 4 is 33.0 Å². The van der Waals surface area contributed by atoms with Crippen LogP contribution in [0.2, 0.25) is 0 Å². The molecule has 0 aliphatic carbocycles. The molecule has 1 aliphatic rings. The third-order valence-corrected chi connectivity index (χ3v) is 6.52. The highest BCUT2D eigenvalue weighted by atomic mass is 32.2. The molecule has 0 fully saturated rings. The predicted molar refractivity (Wildman–Crippen MR) is 108 cm³/mol. The van der Waals surface area contributed by atoms with E-state index in [2.05, 4.69) is 10.6 Å². The predicted octanol–water partition coefficient (Wildman–Crippen LogP) is 2.61. The van der Waals surface area contributed by atoms with Crippen molar-refractivity contribution in [1.29, 1.82) is 0 Å². The lowest BCUT2D eigenvalue weighted by Gasteiger charge is -2.19. The number of anilines is 2. The molecule has 1 atom stereocenters. The number of carbonyl (C=O) groups is 2. The number of nitrogens with one attached hydrogen (secondary N) is 2. The molecular formula is C20H22N2O6S. The zero-order valence-electron chi connectivity index (χ0n) is 16.1. The SMILES string of the molecule is CCOc1ccccc1NC(=O)CC(C)S(=O)(=O)c1ccc2c(c1)OCC(=O)N2. The number of para-hydroxylation sites is 2. The van der Waals surface area contributed by atoms with Crippen LogP contribution < -0.4 is 20.1 Å². The third-order valence-electron chi connectivity index (χ3n) is 4.38. The zero-order chi connectivity index (χ0) is 21.0. The lowest BCUT2D eigenvalue weighted by molar-refractivity contribution is -0.118. The van der Waals surface area contributed by atoms with E-state index in [-0.39, 0.29) is 29.6 Å². The molecule has 0 saturated carbocycles. The fourth-order valence-corrected chi connectivity index (χ4v) is 4.25. The minimum Gasteiger partial charge on any atom is -0.492 e. The van der Waals surface area contributed by atoms with Crippen LogP contribution in [-0.4, -0.2) is 38.7 Å². The molecule has 2 aromatic rings. The first-order valence-corrected chi connectivity index (χ1v) is 10.7. The number of hydrogen-bond acceptors (Lipinski definition) is 6. The first kappa shape index (κ1) is 20.7. The number of benzene rings is 2. The zero-order valence-corrected chi connectivity index (χ0v) is 16.9. The van der Waals surface area contributed by atoms with E-state index in [1.807, 2.05) is 6.92 Å². The Kier molecular flexibility index (Phi) is 6.07. The van der Waals surface area contributed by atoms with Crippen LogP contribution in [0.4, 0.5) is 11.4 Å². The fourth-order valence-electron chi connectivity index (χ4n) is 2.89. The van der Waals surface area contributed by atoms with Gasteiger partial charge in [-0.1, -0.05) is 12.1 Å². The second kappa shape index (κ2) is 8.52. The third kappa shape index (κ3) is 4.68. The number of hydrogen-bond donors (Lipinski definition) is 2. The standard InChI is InChI=1S/C20H22N2O6S/c1-3-27-17-7-5-4-6-15(17)21-19(23)10-13(2)29(25,26)14-8-9-16-18(11-14)28-12-20(24)22-16/h4-9,11,13H,3,10,12H2,1-2H3,(H,21,23)(H,22,24). The van der Waals surface area contributed by atoms with Crippen molar-refractivity contribution < 1.29 is 27.5 Å². The lowest BCUT2D eigenvalue weighted by Crippen LogP contribution is -2.27. The van der Waals surface area contributed by atoms with E-state index >= 15 is 0 Å².